The van der Waals surface area contributed by atoms with Gasteiger partial charge in [-0.1, -0.05) is 6.92 Å². The van der Waals surface area contributed by atoms with Gasteiger partial charge in [-0.25, -0.2) is 9.97 Å². The van der Waals surface area contributed by atoms with Crippen LogP contribution in [0.15, 0.2) is 12.4 Å². The van der Waals surface area contributed by atoms with Crippen LogP contribution in [0.25, 0.3) is 0 Å². The molecule has 0 atom stereocenters. The molecule has 2 heterocycles. The molecule has 0 aliphatic carbocycles. The number of aryl methyl sites for hydroxylation is 2. The number of hydrogen-bond acceptors (Lipinski definition) is 5. The van der Waals surface area contributed by atoms with Gasteiger partial charge in [0, 0.05) is 24.7 Å². The zero-order valence-electron chi connectivity index (χ0n) is 9.99. The van der Waals surface area contributed by atoms with Crippen LogP contribution in [0, 0.1) is 6.92 Å². The van der Waals surface area contributed by atoms with Gasteiger partial charge in [0.25, 0.3) is 0 Å². The van der Waals surface area contributed by atoms with E-state index in [1.807, 2.05) is 20.0 Å². The summed E-state index contributed by atoms with van der Waals surface area (Å²) in [5, 5.41) is 9.83. The van der Waals surface area contributed by atoms with Crippen LogP contribution in [-0.4, -0.2) is 20.2 Å². The molecule has 0 amide bonds. The van der Waals surface area contributed by atoms with E-state index in [1.165, 1.54) is 0 Å². The maximum atomic E-state index is 5.93. The standard InChI is InChI=1S/C11H16N6/c1-3-9-16-7(2)10(12)11(17-9)13-4-8-5-14-15-6-8/h5-6H,3-4,12H2,1-2H3,(H,14,15)(H,13,16,17). The number of aromatic amines is 1. The Kier molecular flexibility index (Phi) is 3.22. The summed E-state index contributed by atoms with van der Waals surface area (Å²) in [6.45, 7) is 4.55. The number of nitrogens with one attached hydrogen (secondary N) is 2. The second-order valence-corrected chi connectivity index (χ2v) is 3.80. The van der Waals surface area contributed by atoms with Crippen molar-refractivity contribution in [3.63, 3.8) is 0 Å². The Morgan fingerprint density at radius 1 is 1.41 bits per heavy atom. The van der Waals surface area contributed by atoms with Crippen molar-refractivity contribution in [3.05, 3.63) is 29.5 Å². The van der Waals surface area contributed by atoms with Crippen molar-refractivity contribution >= 4 is 11.5 Å². The van der Waals surface area contributed by atoms with Gasteiger partial charge in [-0.15, -0.1) is 0 Å². The van der Waals surface area contributed by atoms with Crippen LogP contribution in [0.5, 0.6) is 0 Å². The molecule has 6 heteroatoms. The number of rotatable bonds is 4. The number of anilines is 2. The number of nitrogen functional groups attached to an aromatic ring is 1. The maximum absolute atomic E-state index is 5.93. The molecule has 0 saturated carbocycles. The van der Waals surface area contributed by atoms with Gasteiger partial charge in [0.15, 0.2) is 5.82 Å². The minimum atomic E-state index is 0.602. The Morgan fingerprint density at radius 3 is 2.88 bits per heavy atom. The van der Waals surface area contributed by atoms with E-state index in [9.17, 15) is 0 Å². The van der Waals surface area contributed by atoms with E-state index in [4.69, 9.17) is 5.73 Å². The number of nitrogens with zero attached hydrogens (tertiary/aromatic N) is 3. The van der Waals surface area contributed by atoms with Crippen molar-refractivity contribution in [2.24, 2.45) is 0 Å². The van der Waals surface area contributed by atoms with Crippen LogP contribution in [0.2, 0.25) is 0 Å². The number of hydrogen-bond donors (Lipinski definition) is 3. The zero-order chi connectivity index (χ0) is 12.3. The third-order valence-electron chi connectivity index (χ3n) is 2.51. The monoisotopic (exact) mass is 232 g/mol. The first-order valence-electron chi connectivity index (χ1n) is 5.55. The molecule has 6 nitrogen and oxygen atoms in total. The van der Waals surface area contributed by atoms with Gasteiger partial charge in [0.05, 0.1) is 17.6 Å². The average Bonchev–Trinajstić information content (AvgIpc) is 2.84. The first kappa shape index (κ1) is 11.4. The van der Waals surface area contributed by atoms with E-state index in [0.717, 1.165) is 23.5 Å². The zero-order valence-corrected chi connectivity index (χ0v) is 9.99. The third-order valence-corrected chi connectivity index (χ3v) is 2.51. The third kappa shape index (κ3) is 2.52. The Labute approximate surface area is 99.7 Å². The van der Waals surface area contributed by atoms with Gasteiger partial charge in [0.1, 0.15) is 5.82 Å². The van der Waals surface area contributed by atoms with E-state index < -0.39 is 0 Å². The molecule has 0 bridgehead atoms. The smallest absolute Gasteiger partial charge is 0.153 e. The number of H-pyrrole nitrogens is 1. The molecule has 90 valence electrons. The van der Waals surface area contributed by atoms with Crippen molar-refractivity contribution < 1.29 is 0 Å². The van der Waals surface area contributed by atoms with Gasteiger partial charge in [-0.05, 0) is 6.92 Å². The molecule has 0 saturated heterocycles. The summed E-state index contributed by atoms with van der Waals surface area (Å²) in [7, 11) is 0. The van der Waals surface area contributed by atoms with Crippen LogP contribution in [-0.2, 0) is 13.0 Å². The lowest BCUT2D eigenvalue weighted by Crippen LogP contribution is -2.09. The van der Waals surface area contributed by atoms with E-state index in [-0.39, 0.29) is 0 Å². The maximum Gasteiger partial charge on any atom is 0.153 e. The molecule has 0 radical (unpaired) electrons. The second kappa shape index (κ2) is 4.82. The van der Waals surface area contributed by atoms with E-state index >= 15 is 0 Å². The van der Waals surface area contributed by atoms with Gasteiger partial charge < -0.3 is 11.1 Å². The predicted octanol–water partition coefficient (Wildman–Crippen LogP) is 1.26. The van der Waals surface area contributed by atoms with Gasteiger partial charge in [0.2, 0.25) is 0 Å². The summed E-state index contributed by atoms with van der Waals surface area (Å²) in [6.07, 6.45) is 4.39. The minimum absolute atomic E-state index is 0.602. The number of aromatic nitrogens is 4. The molecule has 0 unspecified atom stereocenters. The summed E-state index contributed by atoms with van der Waals surface area (Å²) in [5.74, 6) is 1.49. The number of nitrogens with two attached hydrogens (primary N) is 1. The Bertz CT molecular complexity index is 491. The lowest BCUT2D eigenvalue weighted by atomic mass is 10.3. The molecule has 0 fully saturated rings. The summed E-state index contributed by atoms with van der Waals surface area (Å²) in [4.78, 5) is 8.68. The van der Waals surface area contributed by atoms with Crippen molar-refractivity contribution in [1.29, 1.82) is 0 Å². The van der Waals surface area contributed by atoms with E-state index in [0.29, 0.717) is 18.1 Å². The molecule has 0 aromatic carbocycles. The Morgan fingerprint density at radius 2 is 2.24 bits per heavy atom. The molecule has 0 aliphatic heterocycles. The summed E-state index contributed by atoms with van der Waals surface area (Å²) in [5.41, 5.74) is 8.40. The highest BCUT2D eigenvalue weighted by Gasteiger charge is 2.07. The largest absolute Gasteiger partial charge is 0.394 e. The van der Waals surface area contributed by atoms with Gasteiger partial charge in [-0.2, -0.15) is 5.10 Å². The van der Waals surface area contributed by atoms with Crippen LogP contribution in [0.4, 0.5) is 11.5 Å². The van der Waals surface area contributed by atoms with Crippen LogP contribution in [0.3, 0.4) is 0 Å². The molecule has 0 spiro atoms. The molecule has 0 aliphatic rings. The Balaban J connectivity index is 2.17. The van der Waals surface area contributed by atoms with E-state index in [1.54, 1.807) is 6.20 Å². The molecule has 2 aromatic heterocycles. The van der Waals surface area contributed by atoms with Gasteiger partial charge in [-0.3, -0.25) is 5.10 Å². The normalized spacial score (nSPS) is 10.5. The fourth-order valence-electron chi connectivity index (χ4n) is 1.49. The van der Waals surface area contributed by atoms with Crippen LogP contribution in [0.1, 0.15) is 24.0 Å². The SMILES string of the molecule is CCc1nc(C)c(N)c(NCc2cn[nH]c2)n1. The topological polar surface area (TPSA) is 92.5 Å². The molecule has 2 rings (SSSR count). The molecule has 2 aromatic rings. The average molecular weight is 232 g/mol. The fraction of sp³-hybridized carbons (Fsp3) is 0.364. The lowest BCUT2D eigenvalue weighted by Gasteiger charge is -2.10. The highest BCUT2D eigenvalue weighted by atomic mass is 15.1. The first-order valence-corrected chi connectivity index (χ1v) is 5.55. The second-order valence-electron chi connectivity index (χ2n) is 3.80. The summed E-state index contributed by atoms with van der Waals surface area (Å²) < 4.78 is 0. The highest BCUT2D eigenvalue weighted by Crippen LogP contribution is 2.19. The lowest BCUT2D eigenvalue weighted by molar-refractivity contribution is 0.916. The molecular formula is C11H16N6. The molecule has 4 N–H and O–H groups in total. The van der Waals surface area contributed by atoms with Crippen molar-refractivity contribution in [1.82, 2.24) is 20.2 Å². The highest BCUT2D eigenvalue weighted by molar-refractivity contribution is 5.63. The van der Waals surface area contributed by atoms with Crippen molar-refractivity contribution in [2.45, 2.75) is 26.8 Å². The summed E-state index contributed by atoms with van der Waals surface area (Å²) in [6, 6.07) is 0. The first-order chi connectivity index (χ1) is 8.20. The van der Waals surface area contributed by atoms with Crippen LogP contribution >= 0.6 is 0 Å². The molecule has 17 heavy (non-hydrogen) atoms. The minimum Gasteiger partial charge on any atom is -0.394 e. The predicted molar refractivity (Wildman–Crippen MR) is 66.5 cm³/mol. The molecular weight excluding hydrogens is 216 g/mol. The van der Waals surface area contributed by atoms with Crippen LogP contribution < -0.4 is 11.1 Å². The quantitative estimate of drug-likeness (QED) is 0.738. The fourth-order valence-corrected chi connectivity index (χ4v) is 1.49. The van der Waals surface area contributed by atoms with Gasteiger partial charge >= 0.3 is 0 Å². The Hall–Kier alpha value is -2.11. The summed E-state index contributed by atoms with van der Waals surface area (Å²) >= 11 is 0. The van der Waals surface area contributed by atoms with E-state index in [2.05, 4.69) is 25.5 Å². The van der Waals surface area contributed by atoms with Crippen molar-refractivity contribution in [2.75, 3.05) is 11.1 Å². The van der Waals surface area contributed by atoms with Crippen molar-refractivity contribution in [3.8, 4) is 0 Å².